The number of benzene rings is 1. The van der Waals surface area contributed by atoms with Gasteiger partial charge in [0.1, 0.15) is 11.2 Å². The summed E-state index contributed by atoms with van der Waals surface area (Å²) in [6, 6.07) is 10.8. The average Bonchev–Trinajstić information content (AvgIpc) is 3.35. The van der Waals surface area contributed by atoms with E-state index in [0.717, 1.165) is 18.4 Å². The van der Waals surface area contributed by atoms with Crippen molar-refractivity contribution in [3.63, 3.8) is 0 Å². The number of carbonyl (C=O) groups excluding carboxylic acids is 2. The van der Waals surface area contributed by atoms with Gasteiger partial charge in [0.25, 0.3) is 5.91 Å². The van der Waals surface area contributed by atoms with Crippen molar-refractivity contribution in [2.24, 2.45) is 11.8 Å². The first-order chi connectivity index (χ1) is 15.3. The molecule has 6 nitrogen and oxygen atoms in total. The highest BCUT2D eigenvalue weighted by Crippen LogP contribution is 2.37. The number of nitrogens with zero attached hydrogens (tertiary/aromatic N) is 2. The van der Waals surface area contributed by atoms with Gasteiger partial charge in [-0.25, -0.2) is 0 Å². The van der Waals surface area contributed by atoms with Gasteiger partial charge in [0.2, 0.25) is 5.91 Å². The Kier molecular flexibility index (Phi) is 5.08. The van der Waals surface area contributed by atoms with Crippen LogP contribution in [0.3, 0.4) is 0 Å². The van der Waals surface area contributed by atoms with E-state index in [1.165, 1.54) is 6.42 Å². The lowest BCUT2D eigenvalue weighted by Crippen LogP contribution is -2.66. The fraction of sp³-hybridized carbons (Fsp3) is 0.440. The zero-order valence-electron chi connectivity index (χ0n) is 18.6. The molecule has 1 N–H and O–H groups in total. The molecule has 0 radical (unpaired) electrons. The second kappa shape index (κ2) is 7.69. The Morgan fingerprint density at radius 3 is 2.69 bits per heavy atom. The molecule has 1 aliphatic carbocycles. The number of amides is 2. The van der Waals surface area contributed by atoms with E-state index in [0.29, 0.717) is 40.4 Å². The lowest BCUT2D eigenvalue weighted by atomic mass is 9.77. The molecule has 2 aromatic heterocycles. The fourth-order valence-corrected chi connectivity index (χ4v) is 5.44. The van der Waals surface area contributed by atoms with Crippen LogP contribution in [0.5, 0.6) is 0 Å². The molecule has 32 heavy (non-hydrogen) atoms. The molecule has 3 aromatic rings. The van der Waals surface area contributed by atoms with Crippen LogP contribution in [0.2, 0.25) is 5.02 Å². The van der Waals surface area contributed by atoms with E-state index in [1.807, 2.05) is 17.6 Å². The number of furan rings is 1. The average molecular weight is 454 g/mol. The Labute approximate surface area is 192 Å². The van der Waals surface area contributed by atoms with Crippen molar-refractivity contribution in [1.29, 1.82) is 0 Å². The first-order valence-corrected chi connectivity index (χ1v) is 11.7. The molecule has 1 aliphatic heterocycles. The summed E-state index contributed by atoms with van der Waals surface area (Å²) < 4.78 is 7.44. The SMILES string of the molecule is C[C@H]1[C@H](C)CCC[C@@H]1NC(=O)[C@]1(C)Cn2c(cc3occc32)C(=O)N1c1ccc(Cl)cc1. The topological polar surface area (TPSA) is 67.5 Å². The number of rotatable bonds is 3. The van der Waals surface area contributed by atoms with Gasteiger partial charge in [-0.15, -0.1) is 0 Å². The molecular formula is C25H28ClN3O3. The Hall–Kier alpha value is -2.73. The van der Waals surface area contributed by atoms with Crippen LogP contribution in [-0.2, 0) is 11.3 Å². The summed E-state index contributed by atoms with van der Waals surface area (Å²) >= 11 is 6.10. The number of nitrogens with one attached hydrogen (secondary N) is 1. The van der Waals surface area contributed by atoms with Crippen molar-refractivity contribution in [2.75, 3.05) is 4.90 Å². The largest absolute Gasteiger partial charge is 0.463 e. The van der Waals surface area contributed by atoms with Gasteiger partial charge in [-0.1, -0.05) is 38.3 Å². The second-order valence-electron chi connectivity index (χ2n) is 9.52. The zero-order valence-corrected chi connectivity index (χ0v) is 19.4. The van der Waals surface area contributed by atoms with Crippen molar-refractivity contribution in [3.05, 3.63) is 53.4 Å². The maximum Gasteiger partial charge on any atom is 0.276 e. The quantitative estimate of drug-likeness (QED) is 0.589. The van der Waals surface area contributed by atoms with Gasteiger partial charge >= 0.3 is 0 Å². The summed E-state index contributed by atoms with van der Waals surface area (Å²) in [6.07, 6.45) is 4.86. The number of fused-ring (bicyclic) bond motifs is 3. The number of aromatic nitrogens is 1. The van der Waals surface area contributed by atoms with Crippen molar-refractivity contribution >= 4 is 40.2 Å². The van der Waals surface area contributed by atoms with E-state index >= 15 is 0 Å². The number of anilines is 1. The standard InChI is InChI=1S/C25H28ClN3O3/c1-15-5-4-6-19(16(15)2)27-24(31)25(3)14-28-20-11-12-32-22(20)13-21(28)23(30)29(25)18-9-7-17(26)8-10-18/h7-13,15-16,19H,4-6,14H2,1-3H3,(H,27,31)/t15-,16+,19+,25+/m1/s1. The minimum Gasteiger partial charge on any atom is -0.463 e. The molecule has 2 amide bonds. The number of hydrogen-bond acceptors (Lipinski definition) is 3. The van der Waals surface area contributed by atoms with E-state index in [-0.39, 0.29) is 17.9 Å². The van der Waals surface area contributed by atoms with Crippen molar-refractivity contribution in [1.82, 2.24) is 9.88 Å². The third-order valence-corrected chi connectivity index (χ3v) is 7.75. The molecule has 0 spiro atoms. The van der Waals surface area contributed by atoms with Crippen LogP contribution < -0.4 is 10.2 Å². The molecule has 5 rings (SSSR count). The van der Waals surface area contributed by atoms with Crippen LogP contribution in [0.15, 0.2) is 47.1 Å². The molecule has 0 bridgehead atoms. The Balaban J connectivity index is 1.57. The van der Waals surface area contributed by atoms with Crippen LogP contribution in [0.25, 0.3) is 11.1 Å². The van der Waals surface area contributed by atoms with Crippen molar-refractivity contribution < 1.29 is 14.0 Å². The van der Waals surface area contributed by atoms with Crippen LogP contribution >= 0.6 is 11.6 Å². The van der Waals surface area contributed by atoms with Gasteiger partial charge in [-0.2, -0.15) is 0 Å². The molecule has 3 heterocycles. The van der Waals surface area contributed by atoms with Crippen LogP contribution in [0.4, 0.5) is 5.69 Å². The first kappa shape index (κ1) is 21.1. The summed E-state index contributed by atoms with van der Waals surface area (Å²) in [5, 5.41) is 3.89. The van der Waals surface area contributed by atoms with E-state index in [1.54, 1.807) is 41.5 Å². The van der Waals surface area contributed by atoms with Gasteiger partial charge < -0.3 is 14.3 Å². The molecule has 1 fully saturated rings. The normalized spacial score (nSPS) is 28.1. The van der Waals surface area contributed by atoms with Gasteiger partial charge in [-0.05, 0) is 49.4 Å². The lowest BCUT2D eigenvalue weighted by molar-refractivity contribution is -0.128. The van der Waals surface area contributed by atoms with Gasteiger partial charge in [-0.3, -0.25) is 14.5 Å². The van der Waals surface area contributed by atoms with Crippen molar-refractivity contribution in [2.45, 2.75) is 58.2 Å². The molecule has 0 unspecified atom stereocenters. The summed E-state index contributed by atoms with van der Waals surface area (Å²) in [5.41, 5.74) is 1.51. The van der Waals surface area contributed by atoms with Gasteiger partial charge in [0.15, 0.2) is 5.58 Å². The summed E-state index contributed by atoms with van der Waals surface area (Å²) in [5.74, 6) is 0.585. The maximum absolute atomic E-state index is 13.9. The second-order valence-corrected chi connectivity index (χ2v) is 9.96. The third kappa shape index (κ3) is 3.24. The molecule has 7 heteroatoms. The molecule has 0 saturated heterocycles. The molecule has 1 saturated carbocycles. The molecule has 1 aromatic carbocycles. The predicted octanol–water partition coefficient (Wildman–Crippen LogP) is 5.25. The third-order valence-electron chi connectivity index (χ3n) is 7.50. The van der Waals surface area contributed by atoms with Gasteiger partial charge in [0, 0.05) is 28.9 Å². The maximum atomic E-state index is 13.9. The summed E-state index contributed by atoms with van der Waals surface area (Å²) in [6.45, 7) is 6.64. The highest BCUT2D eigenvalue weighted by atomic mass is 35.5. The predicted molar refractivity (Wildman–Crippen MR) is 125 cm³/mol. The Morgan fingerprint density at radius 1 is 1.19 bits per heavy atom. The van der Waals surface area contributed by atoms with E-state index < -0.39 is 5.54 Å². The van der Waals surface area contributed by atoms with Gasteiger partial charge in [0.05, 0.1) is 18.3 Å². The zero-order chi connectivity index (χ0) is 22.6. The summed E-state index contributed by atoms with van der Waals surface area (Å²) in [4.78, 5) is 29.2. The van der Waals surface area contributed by atoms with E-state index in [9.17, 15) is 9.59 Å². The molecular weight excluding hydrogens is 426 g/mol. The van der Waals surface area contributed by atoms with E-state index in [2.05, 4.69) is 19.2 Å². The number of halogens is 1. The van der Waals surface area contributed by atoms with Crippen LogP contribution in [0, 0.1) is 11.8 Å². The number of hydrogen-bond donors (Lipinski definition) is 1. The first-order valence-electron chi connectivity index (χ1n) is 11.3. The monoisotopic (exact) mass is 453 g/mol. The Bertz CT molecular complexity index is 1180. The minimum absolute atomic E-state index is 0.102. The van der Waals surface area contributed by atoms with Crippen molar-refractivity contribution in [3.8, 4) is 0 Å². The molecule has 4 atom stereocenters. The van der Waals surface area contributed by atoms with Crippen LogP contribution in [-0.4, -0.2) is 28.0 Å². The highest BCUT2D eigenvalue weighted by molar-refractivity contribution is 6.30. The van der Waals surface area contributed by atoms with Crippen LogP contribution in [0.1, 0.15) is 50.5 Å². The smallest absolute Gasteiger partial charge is 0.276 e. The summed E-state index contributed by atoms with van der Waals surface area (Å²) in [7, 11) is 0. The Morgan fingerprint density at radius 2 is 1.94 bits per heavy atom. The lowest BCUT2D eigenvalue weighted by Gasteiger charge is -2.45. The minimum atomic E-state index is -1.11. The molecule has 2 aliphatic rings. The number of carbonyl (C=O) groups is 2. The molecule has 168 valence electrons. The highest BCUT2D eigenvalue weighted by Gasteiger charge is 2.49. The van der Waals surface area contributed by atoms with E-state index in [4.69, 9.17) is 16.0 Å². The fourth-order valence-electron chi connectivity index (χ4n) is 5.32.